The molecule has 0 aromatic carbocycles. The zero-order chi connectivity index (χ0) is 10.4. The second-order valence-corrected chi connectivity index (χ2v) is 3.42. The number of carbonyl (C=O) groups excluding carboxylic acids is 1. The number of esters is 1. The molecule has 14 heavy (non-hydrogen) atoms. The van der Waals surface area contributed by atoms with Crippen LogP contribution >= 0.6 is 11.8 Å². The normalized spacial score (nSPS) is 9.86. The maximum absolute atomic E-state index is 11.0. The number of hydrogen-bond acceptors (Lipinski definition) is 6. The monoisotopic (exact) mass is 214 g/mol. The van der Waals surface area contributed by atoms with Crippen molar-refractivity contribution in [2.75, 3.05) is 19.5 Å². The molecule has 0 aliphatic rings. The van der Waals surface area contributed by atoms with Crippen LogP contribution in [-0.4, -0.2) is 40.5 Å². The highest BCUT2D eigenvalue weighted by molar-refractivity contribution is 7.99. The molecule has 0 saturated carbocycles. The minimum absolute atomic E-state index is 0.0884. The number of aliphatic hydroxyl groups excluding tert-OH is 1. The lowest BCUT2D eigenvalue weighted by atomic mass is 10.5. The van der Waals surface area contributed by atoms with Gasteiger partial charge in [0.25, 0.3) is 0 Å². The summed E-state index contributed by atoms with van der Waals surface area (Å²) >= 11 is 1.37. The zero-order valence-corrected chi connectivity index (χ0v) is 8.45. The van der Waals surface area contributed by atoms with E-state index in [0.717, 1.165) is 0 Å². The van der Waals surface area contributed by atoms with E-state index in [9.17, 15) is 4.79 Å². The van der Waals surface area contributed by atoms with Crippen molar-refractivity contribution < 1.29 is 14.6 Å². The van der Waals surface area contributed by atoms with Gasteiger partial charge in [-0.25, -0.2) is 14.8 Å². The summed E-state index contributed by atoms with van der Waals surface area (Å²) in [5.74, 6) is 0.0582. The van der Waals surface area contributed by atoms with Gasteiger partial charge in [0.15, 0.2) is 5.69 Å². The van der Waals surface area contributed by atoms with Gasteiger partial charge in [0, 0.05) is 5.75 Å². The van der Waals surface area contributed by atoms with Crippen molar-refractivity contribution in [3.8, 4) is 0 Å². The van der Waals surface area contributed by atoms with E-state index >= 15 is 0 Å². The maximum atomic E-state index is 11.0. The quantitative estimate of drug-likeness (QED) is 0.576. The van der Waals surface area contributed by atoms with Gasteiger partial charge in [-0.05, 0) is 0 Å². The fourth-order valence-corrected chi connectivity index (χ4v) is 1.31. The fraction of sp³-hybridized carbons (Fsp3) is 0.375. The molecule has 0 spiro atoms. The summed E-state index contributed by atoms with van der Waals surface area (Å²) in [6.07, 6.45) is 2.83. The van der Waals surface area contributed by atoms with Crippen LogP contribution in [0.2, 0.25) is 0 Å². The second kappa shape index (κ2) is 5.56. The average Bonchev–Trinajstić information content (AvgIpc) is 2.26. The molecule has 0 radical (unpaired) electrons. The van der Waals surface area contributed by atoms with Crippen molar-refractivity contribution in [2.45, 2.75) is 5.03 Å². The minimum atomic E-state index is -0.504. The molecule has 1 rings (SSSR count). The number of aliphatic hydroxyl groups is 1. The van der Waals surface area contributed by atoms with Crippen LogP contribution in [0.25, 0.3) is 0 Å². The summed E-state index contributed by atoms with van der Waals surface area (Å²) in [7, 11) is 1.29. The number of aromatic nitrogens is 2. The number of carbonyl (C=O) groups is 1. The highest BCUT2D eigenvalue weighted by atomic mass is 32.2. The Labute approximate surface area is 85.5 Å². The van der Waals surface area contributed by atoms with Gasteiger partial charge in [-0.15, -0.1) is 11.8 Å². The second-order valence-electron chi connectivity index (χ2n) is 2.30. The maximum Gasteiger partial charge on any atom is 0.358 e. The highest BCUT2D eigenvalue weighted by Gasteiger charge is 2.06. The first-order valence-corrected chi connectivity index (χ1v) is 4.90. The molecule has 0 aliphatic carbocycles. The topological polar surface area (TPSA) is 72.3 Å². The Morgan fingerprint density at radius 2 is 2.36 bits per heavy atom. The Kier molecular flexibility index (Phi) is 4.34. The molecule has 1 aromatic rings. The van der Waals surface area contributed by atoms with Crippen molar-refractivity contribution in [3.05, 3.63) is 18.1 Å². The predicted molar refractivity (Wildman–Crippen MR) is 51.2 cm³/mol. The predicted octanol–water partition coefficient (Wildman–Crippen LogP) is 0.348. The summed E-state index contributed by atoms with van der Waals surface area (Å²) in [4.78, 5) is 18.8. The number of ether oxygens (including phenoxy) is 1. The smallest absolute Gasteiger partial charge is 0.358 e. The van der Waals surface area contributed by atoms with Gasteiger partial charge in [-0.1, -0.05) is 0 Å². The Balaban J connectivity index is 2.63. The molecule has 0 aliphatic heterocycles. The lowest BCUT2D eigenvalue weighted by Crippen LogP contribution is -2.04. The number of hydrogen-bond donors (Lipinski definition) is 1. The van der Waals surface area contributed by atoms with Gasteiger partial charge < -0.3 is 9.84 Å². The molecule has 6 heteroatoms. The van der Waals surface area contributed by atoms with Crippen molar-refractivity contribution >= 4 is 17.7 Å². The fourth-order valence-electron chi connectivity index (χ4n) is 0.751. The molecular formula is C8H10N2O3S. The Hall–Kier alpha value is -1.14. The van der Waals surface area contributed by atoms with Crippen molar-refractivity contribution in [2.24, 2.45) is 0 Å². The lowest BCUT2D eigenvalue weighted by molar-refractivity contribution is 0.0593. The van der Waals surface area contributed by atoms with Gasteiger partial charge in [0.1, 0.15) is 5.03 Å². The van der Waals surface area contributed by atoms with Crippen LogP contribution in [0, 0.1) is 0 Å². The number of methoxy groups -OCH3 is 1. The third-order valence-electron chi connectivity index (χ3n) is 1.36. The van der Waals surface area contributed by atoms with E-state index in [0.29, 0.717) is 10.8 Å². The van der Waals surface area contributed by atoms with E-state index in [-0.39, 0.29) is 12.3 Å². The number of rotatable bonds is 4. The Morgan fingerprint density at radius 1 is 1.57 bits per heavy atom. The van der Waals surface area contributed by atoms with E-state index in [1.807, 2.05) is 0 Å². The Morgan fingerprint density at radius 3 is 2.86 bits per heavy atom. The standard InChI is InChI=1S/C8H10N2O3S/c1-13-8(12)6-4-10-7(5-9-6)14-3-2-11/h4-5,11H,2-3H2,1H3. The molecule has 0 bridgehead atoms. The summed E-state index contributed by atoms with van der Waals surface area (Å²) in [6.45, 7) is 0.0884. The van der Waals surface area contributed by atoms with Gasteiger partial charge in [0.05, 0.1) is 26.1 Å². The van der Waals surface area contributed by atoms with Crippen molar-refractivity contribution in [3.63, 3.8) is 0 Å². The van der Waals surface area contributed by atoms with E-state index in [1.54, 1.807) is 0 Å². The third kappa shape index (κ3) is 2.97. The molecule has 0 fully saturated rings. The summed E-state index contributed by atoms with van der Waals surface area (Å²) in [5, 5.41) is 9.24. The van der Waals surface area contributed by atoms with Crippen LogP contribution < -0.4 is 0 Å². The first-order chi connectivity index (χ1) is 6.77. The molecule has 1 heterocycles. The van der Waals surface area contributed by atoms with Gasteiger partial charge >= 0.3 is 5.97 Å². The Bertz CT molecular complexity index is 302. The zero-order valence-electron chi connectivity index (χ0n) is 7.64. The van der Waals surface area contributed by atoms with E-state index < -0.39 is 5.97 Å². The summed E-state index contributed by atoms with van der Waals surface area (Å²) in [6, 6.07) is 0. The van der Waals surface area contributed by atoms with Crippen molar-refractivity contribution in [1.82, 2.24) is 9.97 Å². The van der Waals surface area contributed by atoms with Gasteiger partial charge in [-0.2, -0.15) is 0 Å². The molecule has 5 nitrogen and oxygen atoms in total. The SMILES string of the molecule is COC(=O)c1cnc(SCCO)cn1. The molecule has 76 valence electrons. The van der Waals surface area contributed by atoms with Crippen molar-refractivity contribution in [1.29, 1.82) is 0 Å². The molecule has 1 aromatic heterocycles. The summed E-state index contributed by atoms with van der Waals surface area (Å²) < 4.78 is 4.47. The van der Waals surface area contributed by atoms with Gasteiger partial charge in [0.2, 0.25) is 0 Å². The minimum Gasteiger partial charge on any atom is -0.464 e. The van der Waals surface area contributed by atoms with Crippen LogP contribution in [0.4, 0.5) is 0 Å². The molecule has 0 unspecified atom stereocenters. The van der Waals surface area contributed by atoms with Crippen LogP contribution in [0.3, 0.4) is 0 Å². The third-order valence-corrected chi connectivity index (χ3v) is 2.26. The first-order valence-electron chi connectivity index (χ1n) is 3.92. The number of thioether (sulfide) groups is 1. The van der Waals surface area contributed by atoms with E-state index in [2.05, 4.69) is 14.7 Å². The van der Waals surface area contributed by atoms with Crippen LogP contribution in [0.5, 0.6) is 0 Å². The largest absolute Gasteiger partial charge is 0.464 e. The lowest BCUT2D eigenvalue weighted by Gasteiger charge is -1.99. The summed E-state index contributed by atoms with van der Waals surface area (Å²) in [5.41, 5.74) is 0.181. The molecule has 1 N–H and O–H groups in total. The molecule has 0 saturated heterocycles. The van der Waals surface area contributed by atoms with Crippen LogP contribution in [-0.2, 0) is 4.74 Å². The van der Waals surface area contributed by atoms with Crippen LogP contribution in [0.1, 0.15) is 10.5 Å². The first kappa shape index (κ1) is 10.9. The number of nitrogens with zero attached hydrogens (tertiary/aromatic N) is 2. The van der Waals surface area contributed by atoms with Gasteiger partial charge in [-0.3, -0.25) is 0 Å². The van der Waals surface area contributed by atoms with E-state index in [4.69, 9.17) is 5.11 Å². The molecular weight excluding hydrogens is 204 g/mol. The van der Waals surface area contributed by atoms with Crippen LogP contribution in [0.15, 0.2) is 17.4 Å². The average molecular weight is 214 g/mol. The molecule has 0 amide bonds. The van der Waals surface area contributed by atoms with E-state index in [1.165, 1.54) is 31.3 Å². The molecule has 0 atom stereocenters. The highest BCUT2D eigenvalue weighted by Crippen LogP contribution is 2.12.